The fourth-order valence-electron chi connectivity index (χ4n) is 1.20. The Morgan fingerprint density at radius 2 is 2.06 bits per heavy atom. The molecule has 0 aromatic heterocycles. The molecular formula is C10H21N3O3S. The van der Waals surface area contributed by atoms with Crippen molar-refractivity contribution in [3.63, 3.8) is 0 Å². The highest BCUT2D eigenvalue weighted by atomic mass is 32.2. The number of rotatable bonds is 8. The molecule has 0 bridgehead atoms. The van der Waals surface area contributed by atoms with Crippen LogP contribution in [0.3, 0.4) is 0 Å². The van der Waals surface area contributed by atoms with Crippen molar-refractivity contribution in [3.05, 3.63) is 0 Å². The highest BCUT2D eigenvalue weighted by Gasteiger charge is 2.18. The van der Waals surface area contributed by atoms with Gasteiger partial charge in [0.2, 0.25) is 5.91 Å². The predicted octanol–water partition coefficient (Wildman–Crippen LogP) is -0.336. The van der Waals surface area contributed by atoms with Crippen LogP contribution in [0.2, 0.25) is 0 Å². The number of nitrogens with two attached hydrogens (primary N) is 1. The van der Waals surface area contributed by atoms with Gasteiger partial charge in [-0.05, 0) is 31.8 Å². The molecule has 5 N–H and O–H groups in total. The maximum absolute atomic E-state index is 11.7. The number of nitrogens with one attached hydrogen (secondary N) is 2. The summed E-state index contributed by atoms with van der Waals surface area (Å²) in [6, 6.07) is -1.31. The Kier molecular flexibility index (Phi) is 8.61. The first-order chi connectivity index (χ1) is 7.97. The average Bonchev–Trinajstić information content (AvgIpc) is 2.22. The summed E-state index contributed by atoms with van der Waals surface area (Å²) in [4.78, 5) is 22.4. The number of carbonyl (C=O) groups is 2. The lowest BCUT2D eigenvalue weighted by molar-refractivity contribution is -0.123. The Morgan fingerprint density at radius 3 is 2.53 bits per heavy atom. The number of hydrogen-bond acceptors (Lipinski definition) is 4. The van der Waals surface area contributed by atoms with Crippen molar-refractivity contribution in [2.45, 2.75) is 31.9 Å². The van der Waals surface area contributed by atoms with E-state index in [1.165, 1.54) is 0 Å². The second-order valence-corrected chi connectivity index (χ2v) is 4.76. The van der Waals surface area contributed by atoms with Crippen LogP contribution in [0.25, 0.3) is 0 Å². The van der Waals surface area contributed by atoms with Crippen molar-refractivity contribution in [2.75, 3.05) is 18.6 Å². The van der Waals surface area contributed by atoms with Crippen LogP contribution in [0.4, 0.5) is 4.79 Å². The molecule has 100 valence electrons. The minimum atomic E-state index is -0.707. The number of aliphatic hydroxyl groups is 1. The third-order valence-electron chi connectivity index (χ3n) is 2.10. The third-order valence-corrected chi connectivity index (χ3v) is 2.75. The topological polar surface area (TPSA) is 104 Å². The third kappa shape index (κ3) is 8.82. The fraction of sp³-hybridized carbons (Fsp3) is 0.800. The summed E-state index contributed by atoms with van der Waals surface area (Å²) in [5, 5.41) is 14.1. The van der Waals surface area contributed by atoms with E-state index < -0.39 is 18.2 Å². The van der Waals surface area contributed by atoms with Crippen molar-refractivity contribution in [2.24, 2.45) is 5.73 Å². The van der Waals surface area contributed by atoms with Crippen molar-refractivity contribution in [3.8, 4) is 0 Å². The molecule has 0 aliphatic rings. The highest BCUT2D eigenvalue weighted by Crippen LogP contribution is 2.01. The molecule has 0 aromatic carbocycles. The average molecular weight is 263 g/mol. The van der Waals surface area contributed by atoms with Crippen LogP contribution < -0.4 is 16.4 Å². The van der Waals surface area contributed by atoms with E-state index in [9.17, 15) is 9.59 Å². The molecule has 0 heterocycles. The molecule has 0 saturated heterocycles. The van der Waals surface area contributed by atoms with E-state index >= 15 is 0 Å². The molecule has 17 heavy (non-hydrogen) atoms. The second-order valence-electron chi connectivity index (χ2n) is 3.77. The number of primary amides is 1. The Labute approximate surface area is 106 Å². The number of hydrogen-bond donors (Lipinski definition) is 4. The Hall–Kier alpha value is -0.950. The first-order valence-electron chi connectivity index (χ1n) is 5.48. The van der Waals surface area contributed by atoms with Gasteiger partial charge in [0.15, 0.2) is 0 Å². The van der Waals surface area contributed by atoms with E-state index in [1.54, 1.807) is 18.7 Å². The Bertz CT molecular complexity index is 249. The van der Waals surface area contributed by atoms with Crippen LogP contribution in [-0.2, 0) is 4.79 Å². The van der Waals surface area contributed by atoms with Crippen molar-refractivity contribution in [1.82, 2.24) is 10.6 Å². The lowest BCUT2D eigenvalue weighted by Crippen LogP contribution is -2.49. The number of amides is 3. The molecule has 0 aliphatic carbocycles. The smallest absolute Gasteiger partial charge is 0.312 e. The molecule has 0 aromatic rings. The maximum Gasteiger partial charge on any atom is 0.312 e. The van der Waals surface area contributed by atoms with Gasteiger partial charge >= 0.3 is 6.03 Å². The van der Waals surface area contributed by atoms with Crippen molar-refractivity contribution in [1.29, 1.82) is 0 Å². The molecule has 3 amide bonds. The molecule has 6 nitrogen and oxygen atoms in total. The van der Waals surface area contributed by atoms with Gasteiger partial charge in [-0.1, -0.05) is 0 Å². The van der Waals surface area contributed by atoms with Gasteiger partial charge in [-0.25, -0.2) is 4.79 Å². The first kappa shape index (κ1) is 16.1. The lowest BCUT2D eigenvalue weighted by atomic mass is 10.2. The first-order valence-corrected chi connectivity index (χ1v) is 6.87. The molecule has 0 aliphatic heterocycles. The zero-order chi connectivity index (χ0) is 13.3. The summed E-state index contributed by atoms with van der Waals surface area (Å²) < 4.78 is 0. The van der Waals surface area contributed by atoms with Crippen LogP contribution >= 0.6 is 11.8 Å². The van der Waals surface area contributed by atoms with E-state index in [-0.39, 0.29) is 5.91 Å². The van der Waals surface area contributed by atoms with Crippen LogP contribution in [0.5, 0.6) is 0 Å². The van der Waals surface area contributed by atoms with Crippen LogP contribution in [0.15, 0.2) is 0 Å². The molecule has 0 fully saturated rings. The zero-order valence-corrected chi connectivity index (χ0v) is 11.0. The Morgan fingerprint density at radius 1 is 1.41 bits per heavy atom. The minimum Gasteiger partial charge on any atom is -0.393 e. The normalized spacial score (nSPS) is 13.8. The van der Waals surface area contributed by atoms with Gasteiger partial charge in [-0.3, -0.25) is 4.79 Å². The second kappa shape index (κ2) is 9.12. The van der Waals surface area contributed by atoms with E-state index in [0.717, 1.165) is 5.75 Å². The summed E-state index contributed by atoms with van der Waals surface area (Å²) >= 11 is 1.59. The van der Waals surface area contributed by atoms with E-state index in [1.807, 2.05) is 6.26 Å². The van der Waals surface area contributed by atoms with Gasteiger partial charge in [0, 0.05) is 6.54 Å². The summed E-state index contributed by atoms with van der Waals surface area (Å²) in [6.07, 6.45) is 2.48. The standard InChI is InChI=1S/C10H21N3O3S/c1-7(14)3-5-12-9(15)8(4-6-17-2)13-10(11)16/h7-8,14H,3-6H2,1-2H3,(H,12,15)(H3,11,13,16). The molecule has 0 rings (SSSR count). The van der Waals surface area contributed by atoms with Crippen LogP contribution in [0, 0.1) is 0 Å². The maximum atomic E-state index is 11.7. The summed E-state index contributed by atoms with van der Waals surface area (Å²) in [5.41, 5.74) is 5.00. The van der Waals surface area contributed by atoms with E-state index in [4.69, 9.17) is 10.8 Å². The van der Waals surface area contributed by atoms with Gasteiger partial charge in [-0.2, -0.15) is 11.8 Å². The molecule has 0 spiro atoms. The molecular weight excluding hydrogens is 242 g/mol. The summed E-state index contributed by atoms with van der Waals surface area (Å²) in [7, 11) is 0. The van der Waals surface area contributed by atoms with Crippen LogP contribution in [0.1, 0.15) is 19.8 Å². The number of carbonyl (C=O) groups excluding carboxylic acids is 2. The predicted molar refractivity (Wildman–Crippen MR) is 68.8 cm³/mol. The quantitative estimate of drug-likeness (QED) is 0.481. The fourth-order valence-corrected chi connectivity index (χ4v) is 1.68. The molecule has 7 heteroatoms. The van der Waals surface area contributed by atoms with Crippen molar-refractivity contribution < 1.29 is 14.7 Å². The minimum absolute atomic E-state index is 0.265. The number of thioether (sulfide) groups is 1. The summed E-state index contributed by atoms with van der Waals surface area (Å²) in [6.45, 7) is 2.03. The molecule has 0 saturated carbocycles. The van der Waals surface area contributed by atoms with Crippen LogP contribution in [-0.4, -0.2) is 47.7 Å². The molecule has 2 unspecified atom stereocenters. The van der Waals surface area contributed by atoms with Gasteiger partial charge < -0.3 is 21.5 Å². The largest absolute Gasteiger partial charge is 0.393 e. The monoisotopic (exact) mass is 263 g/mol. The van der Waals surface area contributed by atoms with E-state index in [0.29, 0.717) is 19.4 Å². The van der Waals surface area contributed by atoms with Gasteiger partial charge in [0.25, 0.3) is 0 Å². The molecule has 2 atom stereocenters. The lowest BCUT2D eigenvalue weighted by Gasteiger charge is -2.17. The summed E-state index contributed by atoms with van der Waals surface area (Å²) in [5.74, 6) is 0.493. The highest BCUT2D eigenvalue weighted by molar-refractivity contribution is 7.98. The molecule has 0 radical (unpaired) electrons. The Balaban J connectivity index is 4.07. The van der Waals surface area contributed by atoms with Gasteiger partial charge in [0.05, 0.1) is 6.10 Å². The number of urea groups is 1. The van der Waals surface area contributed by atoms with Crippen molar-refractivity contribution >= 4 is 23.7 Å². The SMILES string of the molecule is CSCCC(NC(N)=O)C(=O)NCCC(C)O. The number of aliphatic hydroxyl groups excluding tert-OH is 1. The zero-order valence-electron chi connectivity index (χ0n) is 10.2. The van der Waals surface area contributed by atoms with Gasteiger partial charge in [-0.15, -0.1) is 0 Å². The van der Waals surface area contributed by atoms with Gasteiger partial charge in [0.1, 0.15) is 6.04 Å². The van der Waals surface area contributed by atoms with E-state index in [2.05, 4.69) is 10.6 Å².